The first-order chi connectivity index (χ1) is 17.0. The molecule has 3 aromatic rings. The molecular weight excluding hydrogens is 440 g/mol. The number of carbonyl (C=O) groups excluding carboxylic acids is 1. The molecule has 35 heavy (non-hydrogen) atoms. The summed E-state index contributed by atoms with van der Waals surface area (Å²) in [5, 5.41) is 12.2. The number of hydrogen-bond acceptors (Lipinski definition) is 7. The predicted molar refractivity (Wildman–Crippen MR) is 140 cm³/mol. The Kier molecular flexibility index (Phi) is 8.95. The molecule has 2 heterocycles. The first-order valence-corrected chi connectivity index (χ1v) is 11.8. The summed E-state index contributed by atoms with van der Waals surface area (Å²) in [5.41, 5.74) is 7.51. The number of anilines is 2. The summed E-state index contributed by atoms with van der Waals surface area (Å²) in [6.07, 6.45) is 4.26. The first-order valence-electron chi connectivity index (χ1n) is 11.8. The van der Waals surface area contributed by atoms with Crippen LogP contribution in [0.4, 0.5) is 11.6 Å². The van der Waals surface area contributed by atoms with Crippen molar-refractivity contribution in [3.05, 3.63) is 84.7 Å². The molecule has 0 radical (unpaired) electrons. The second-order valence-electron chi connectivity index (χ2n) is 7.75. The van der Waals surface area contributed by atoms with Gasteiger partial charge in [-0.3, -0.25) is 10.2 Å². The van der Waals surface area contributed by atoms with Crippen molar-refractivity contribution in [2.24, 2.45) is 0 Å². The van der Waals surface area contributed by atoms with E-state index in [4.69, 9.17) is 15.9 Å². The number of benzene rings is 2. The minimum atomic E-state index is -0.0538. The highest BCUT2D eigenvalue weighted by Crippen LogP contribution is 2.26. The number of nitrogens with zero attached hydrogens (tertiary/aromatic N) is 3. The monoisotopic (exact) mass is 472 g/mol. The first kappa shape index (κ1) is 25.4. The number of rotatable bonds is 7. The van der Waals surface area contributed by atoms with E-state index in [2.05, 4.69) is 21.9 Å². The minimum absolute atomic E-state index is 0.0538. The molecule has 182 valence electrons. The lowest BCUT2D eigenvalue weighted by Crippen LogP contribution is -2.42. The van der Waals surface area contributed by atoms with E-state index in [9.17, 15) is 4.79 Å². The van der Waals surface area contributed by atoms with E-state index in [1.807, 2.05) is 68.4 Å². The number of aromatic nitrogens is 2. The number of likely N-dealkylation sites (tertiary alicyclic amines) is 1. The molecule has 2 aromatic carbocycles. The van der Waals surface area contributed by atoms with Crippen molar-refractivity contribution in [3.63, 3.8) is 0 Å². The fourth-order valence-electron chi connectivity index (χ4n) is 3.78. The SMILES string of the molecule is C=CC(=O)N1CCC(Nc2ncnc(N)c2C(=N)c2ccc(Oc3ccccc3)cc2)CC1.CC. The van der Waals surface area contributed by atoms with Gasteiger partial charge in [0.1, 0.15) is 29.5 Å². The maximum absolute atomic E-state index is 11.8. The maximum atomic E-state index is 11.8. The van der Waals surface area contributed by atoms with Crippen molar-refractivity contribution < 1.29 is 9.53 Å². The van der Waals surface area contributed by atoms with E-state index < -0.39 is 0 Å². The van der Waals surface area contributed by atoms with Gasteiger partial charge in [-0.2, -0.15) is 0 Å². The molecule has 0 bridgehead atoms. The van der Waals surface area contributed by atoms with Crippen LogP contribution >= 0.6 is 0 Å². The molecule has 1 fully saturated rings. The number of nitrogens with one attached hydrogen (secondary N) is 2. The molecule has 0 spiro atoms. The van der Waals surface area contributed by atoms with Crippen molar-refractivity contribution in [1.82, 2.24) is 14.9 Å². The van der Waals surface area contributed by atoms with E-state index in [1.54, 1.807) is 4.90 Å². The molecule has 1 saturated heterocycles. The van der Waals surface area contributed by atoms with E-state index in [-0.39, 0.29) is 23.5 Å². The third-order valence-corrected chi connectivity index (χ3v) is 5.57. The molecule has 0 unspecified atom stereocenters. The third-order valence-electron chi connectivity index (χ3n) is 5.57. The lowest BCUT2D eigenvalue weighted by molar-refractivity contribution is -0.126. The summed E-state index contributed by atoms with van der Waals surface area (Å²) in [7, 11) is 0. The second-order valence-corrected chi connectivity index (χ2v) is 7.75. The van der Waals surface area contributed by atoms with E-state index in [0.717, 1.165) is 18.6 Å². The quantitative estimate of drug-likeness (QED) is 0.333. The fourth-order valence-corrected chi connectivity index (χ4v) is 3.78. The van der Waals surface area contributed by atoms with Gasteiger partial charge >= 0.3 is 0 Å². The molecule has 1 aliphatic heterocycles. The summed E-state index contributed by atoms with van der Waals surface area (Å²) >= 11 is 0. The summed E-state index contributed by atoms with van der Waals surface area (Å²) < 4.78 is 5.83. The van der Waals surface area contributed by atoms with Crippen LogP contribution in [-0.4, -0.2) is 45.6 Å². The Balaban J connectivity index is 0.00000167. The smallest absolute Gasteiger partial charge is 0.245 e. The molecule has 1 amide bonds. The molecular formula is C27H32N6O2. The normalized spacial score (nSPS) is 13.3. The number of nitrogens with two attached hydrogens (primary N) is 1. The number of piperidine rings is 1. The van der Waals surface area contributed by atoms with Gasteiger partial charge in [0.15, 0.2) is 0 Å². The molecule has 8 heteroatoms. The maximum Gasteiger partial charge on any atom is 0.245 e. The Morgan fingerprint density at radius 2 is 1.71 bits per heavy atom. The molecule has 0 saturated carbocycles. The van der Waals surface area contributed by atoms with Gasteiger partial charge in [0.25, 0.3) is 0 Å². The molecule has 8 nitrogen and oxygen atoms in total. The zero-order valence-electron chi connectivity index (χ0n) is 20.2. The number of nitrogen functional groups attached to an aromatic ring is 1. The van der Waals surface area contributed by atoms with Gasteiger partial charge in [-0.25, -0.2) is 9.97 Å². The number of amides is 1. The van der Waals surface area contributed by atoms with Crippen LogP contribution in [0.2, 0.25) is 0 Å². The average Bonchev–Trinajstić information content (AvgIpc) is 2.91. The van der Waals surface area contributed by atoms with Gasteiger partial charge in [0.05, 0.1) is 11.3 Å². The van der Waals surface area contributed by atoms with Crippen LogP contribution in [0.15, 0.2) is 73.6 Å². The average molecular weight is 473 g/mol. The van der Waals surface area contributed by atoms with Gasteiger partial charge in [0.2, 0.25) is 5.91 Å². The highest BCUT2D eigenvalue weighted by molar-refractivity contribution is 6.16. The Labute approximate surface area is 206 Å². The van der Waals surface area contributed by atoms with Gasteiger partial charge in [0, 0.05) is 24.7 Å². The zero-order valence-corrected chi connectivity index (χ0v) is 20.2. The van der Waals surface area contributed by atoms with Crippen molar-refractivity contribution in [1.29, 1.82) is 5.41 Å². The number of ether oxygens (including phenoxy) is 1. The van der Waals surface area contributed by atoms with E-state index in [1.165, 1.54) is 12.4 Å². The molecule has 0 aliphatic carbocycles. The van der Waals surface area contributed by atoms with Crippen LogP contribution in [0.3, 0.4) is 0 Å². The van der Waals surface area contributed by atoms with Crippen LogP contribution in [0, 0.1) is 5.41 Å². The van der Waals surface area contributed by atoms with Gasteiger partial charge in [-0.15, -0.1) is 0 Å². The number of para-hydroxylation sites is 1. The Hall–Kier alpha value is -4.20. The highest BCUT2D eigenvalue weighted by atomic mass is 16.5. The summed E-state index contributed by atoms with van der Waals surface area (Å²) in [6, 6.07) is 16.9. The third kappa shape index (κ3) is 6.44. The zero-order chi connectivity index (χ0) is 25.2. The van der Waals surface area contributed by atoms with E-state index in [0.29, 0.717) is 35.8 Å². The predicted octanol–water partition coefficient (Wildman–Crippen LogP) is 4.88. The van der Waals surface area contributed by atoms with Crippen LogP contribution in [0.1, 0.15) is 37.8 Å². The fraction of sp³-hybridized carbons (Fsp3) is 0.259. The molecule has 1 aromatic heterocycles. The summed E-state index contributed by atoms with van der Waals surface area (Å²) in [4.78, 5) is 22.1. The topological polar surface area (TPSA) is 117 Å². The number of carbonyl (C=O) groups is 1. The van der Waals surface area contributed by atoms with E-state index >= 15 is 0 Å². The lowest BCUT2D eigenvalue weighted by Gasteiger charge is -2.32. The van der Waals surface area contributed by atoms with Crippen molar-refractivity contribution in [3.8, 4) is 11.5 Å². The summed E-state index contributed by atoms with van der Waals surface area (Å²) in [6.45, 7) is 8.82. The van der Waals surface area contributed by atoms with Gasteiger partial charge < -0.3 is 20.7 Å². The van der Waals surface area contributed by atoms with Crippen molar-refractivity contribution in [2.75, 3.05) is 24.1 Å². The molecule has 4 N–H and O–H groups in total. The van der Waals surface area contributed by atoms with Crippen molar-refractivity contribution in [2.45, 2.75) is 32.7 Å². The Morgan fingerprint density at radius 1 is 1.09 bits per heavy atom. The van der Waals surface area contributed by atoms with Crippen molar-refractivity contribution >= 4 is 23.3 Å². The molecule has 4 rings (SSSR count). The highest BCUT2D eigenvalue weighted by Gasteiger charge is 2.24. The molecule has 0 atom stereocenters. The largest absolute Gasteiger partial charge is 0.457 e. The summed E-state index contributed by atoms with van der Waals surface area (Å²) in [5.74, 6) is 2.12. The Morgan fingerprint density at radius 3 is 2.34 bits per heavy atom. The van der Waals surface area contributed by atoms with Gasteiger partial charge in [-0.1, -0.05) is 38.6 Å². The van der Waals surface area contributed by atoms with Gasteiger partial charge in [-0.05, 0) is 55.3 Å². The Bertz CT molecular complexity index is 1140. The lowest BCUT2D eigenvalue weighted by atomic mass is 10.0. The van der Waals surface area contributed by atoms with Crippen LogP contribution in [0.5, 0.6) is 11.5 Å². The number of hydrogen-bond donors (Lipinski definition) is 3. The standard InChI is InChI=1S/C25H26N6O2.C2H6/c1-2-21(32)31-14-12-18(13-15-31)30-25-22(24(27)28-16-29-25)23(26)17-8-10-20(11-9-17)33-19-6-4-3-5-7-19;1-2/h2-11,16,18,26H,1,12-15H2,(H3,27,28,29,30);1-2H3. The minimum Gasteiger partial charge on any atom is -0.457 e. The van der Waals surface area contributed by atoms with Crippen LogP contribution in [0.25, 0.3) is 0 Å². The molecule has 1 aliphatic rings. The van der Waals surface area contributed by atoms with Crippen LogP contribution in [-0.2, 0) is 4.79 Å². The van der Waals surface area contributed by atoms with Crippen LogP contribution < -0.4 is 15.8 Å². The second kappa shape index (κ2) is 12.3.